The van der Waals surface area contributed by atoms with E-state index in [9.17, 15) is 10.1 Å². The summed E-state index contributed by atoms with van der Waals surface area (Å²) in [4.78, 5) is 13.2. The first-order valence-corrected chi connectivity index (χ1v) is 12.2. The van der Waals surface area contributed by atoms with Crippen LogP contribution in [0.3, 0.4) is 0 Å². The van der Waals surface area contributed by atoms with Gasteiger partial charge in [0.15, 0.2) is 0 Å². The fraction of sp³-hybridized carbons (Fsp3) is 0.357. The summed E-state index contributed by atoms with van der Waals surface area (Å²) in [5.74, 6) is 0.703. The molecule has 1 aliphatic heterocycles. The van der Waals surface area contributed by atoms with Crippen LogP contribution < -0.4 is 5.43 Å². The van der Waals surface area contributed by atoms with Crippen molar-refractivity contribution < 1.29 is 4.92 Å². The molecule has 2 aromatic rings. The minimum absolute atomic E-state index is 0.0971. The van der Waals surface area contributed by atoms with Gasteiger partial charge in [0.1, 0.15) is 0 Å². The number of piperidine rings is 1. The maximum atomic E-state index is 11.0. The van der Waals surface area contributed by atoms with Crippen molar-refractivity contribution in [2.75, 3.05) is 25.1 Å². The number of rotatable bonds is 10. The third-order valence-electron chi connectivity index (χ3n) is 6.59. The Morgan fingerprint density at radius 2 is 1.82 bits per heavy atom. The Morgan fingerprint density at radius 3 is 2.50 bits per heavy atom. The lowest BCUT2D eigenvalue weighted by Gasteiger charge is -2.33. The standard InChI is InChI=1S/C28H33N4O2/c33-32(34)27-16-14-25(15-17-27)28(30-29-26-11-5-2-6-12-26)13-7-8-20-31-21-18-24(19-22-31)23-9-3-1-4-10-23/h2-6,9-12,14-17,24,29H,1,7-8,13,18-22H2/b30-28+. The van der Waals surface area contributed by atoms with E-state index in [4.69, 9.17) is 0 Å². The summed E-state index contributed by atoms with van der Waals surface area (Å²) in [5, 5.41) is 15.7. The van der Waals surface area contributed by atoms with Gasteiger partial charge in [-0.1, -0.05) is 36.4 Å². The Hall–Kier alpha value is -3.25. The molecule has 0 aromatic heterocycles. The van der Waals surface area contributed by atoms with Crippen molar-refractivity contribution in [2.45, 2.75) is 38.5 Å². The molecule has 4 rings (SSSR count). The Kier molecular flexibility index (Phi) is 8.63. The van der Waals surface area contributed by atoms with Gasteiger partial charge < -0.3 is 4.90 Å². The quantitative estimate of drug-likeness (QED) is 0.194. The maximum Gasteiger partial charge on any atom is 0.269 e. The first-order chi connectivity index (χ1) is 16.7. The van der Waals surface area contributed by atoms with E-state index in [2.05, 4.69) is 40.1 Å². The van der Waals surface area contributed by atoms with Gasteiger partial charge in [0.05, 0.1) is 16.3 Å². The lowest BCUT2D eigenvalue weighted by atomic mass is 9.86. The Bertz CT molecular complexity index is 1020. The number of para-hydroxylation sites is 1. The Labute approximate surface area is 202 Å². The van der Waals surface area contributed by atoms with Crippen LogP contribution in [0.15, 0.2) is 83.5 Å². The number of nitrogens with zero attached hydrogens (tertiary/aromatic N) is 3. The van der Waals surface area contributed by atoms with Crippen molar-refractivity contribution in [3.8, 4) is 0 Å². The van der Waals surface area contributed by atoms with Crippen molar-refractivity contribution in [1.29, 1.82) is 0 Å². The Morgan fingerprint density at radius 1 is 1.06 bits per heavy atom. The number of likely N-dealkylation sites (tertiary alicyclic amines) is 1. The molecular weight excluding hydrogens is 424 g/mol. The van der Waals surface area contributed by atoms with Crippen LogP contribution in [0.25, 0.3) is 0 Å². The monoisotopic (exact) mass is 457 g/mol. The number of hydrogen-bond acceptors (Lipinski definition) is 5. The molecule has 177 valence electrons. The highest BCUT2D eigenvalue weighted by molar-refractivity contribution is 6.01. The molecule has 1 aliphatic carbocycles. The topological polar surface area (TPSA) is 70.8 Å². The molecule has 2 aromatic carbocycles. The first kappa shape index (κ1) is 23.9. The fourth-order valence-corrected chi connectivity index (χ4v) is 4.62. The SMILES string of the molecule is O=[N+]([O-])c1ccc(/C(CCCCN2CCC(C3=C[CH]CC=C3)CC2)=N/Nc2ccccc2)cc1. The van der Waals surface area contributed by atoms with Crippen molar-refractivity contribution in [1.82, 2.24) is 4.90 Å². The number of benzene rings is 2. The highest BCUT2D eigenvalue weighted by Crippen LogP contribution is 2.28. The van der Waals surface area contributed by atoms with E-state index < -0.39 is 0 Å². The van der Waals surface area contributed by atoms with Crippen LogP contribution >= 0.6 is 0 Å². The normalized spacial score (nSPS) is 17.4. The molecule has 2 aliphatic rings. The number of anilines is 1. The van der Waals surface area contributed by atoms with Crippen molar-refractivity contribution in [3.63, 3.8) is 0 Å². The van der Waals surface area contributed by atoms with Crippen LogP contribution in [-0.4, -0.2) is 35.2 Å². The van der Waals surface area contributed by atoms with Gasteiger partial charge in [0.2, 0.25) is 0 Å². The van der Waals surface area contributed by atoms with E-state index in [0.29, 0.717) is 5.92 Å². The van der Waals surface area contributed by atoms with Crippen LogP contribution in [0.2, 0.25) is 0 Å². The summed E-state index contributed by atoms with van der Waals surface area (Å²) < 4.78 is 0. The zero-order valence-corrected chi connectivity index (χ0v) is 19.6. The van der Waals surface area contributed by atoms with Gasteiger partial charge in [0, 0.05) is 12.1 Å². The molecular formula is C28H33N4O2. The van der Waals surface area contributed by atoms with Crippen molar-refractivity contribution >= 4 is 17.1 Å². The molecule has 6 heteroatoms. The molecule has 1 radical (unpaired) electrons. The largest absolute Gasteiger partial charge is 0.303 e. The molecule has 1 fully saturated rings. The van der Waals surface area contributed by atoms with Crippen LogP contribution in [0.1, 0.15) is 44.1 Å². The maximum absolute atomic E-state index is 11.0. The van der Waals surface area contributed by atoms with Gasteiger partial charge in [-0.2, -0.15) is 5.10 Å². The van der Waals surface area contributed by atoms with E-state index in [1.807, 2.05) is 30.3 Å². The summed E-state index contributed by atoms with van der Waals surface area (Å²) >= 11 is 0. The van der Waals surface area contributed by atoms with Gasteiger partial charge in [0.25, 0.3) is 5.69 Å². The predicted octanol–water partition coefficient (Wildman–Crippen LogP) is 6.38. The number of non-ortho nitro benzene ring substituents is 1. The molecule has 1 N–H and O–H groups in total. The number of hydrogen-bond donors (Lipinski definition) is 1. The van der Waals surface area contributed by atoms with Crippen LogP contribution in [0.4, 0.5) is 11.4 Å². The molecule has 0 amide bonds. The highest BCUT2D eigenvalue weighted by Gasteiger charge is 2.21. The van der Waals surface area contributed by atoms with E-state index in [1.165, 1.54) is 18.4 Å². The van der Waals surface area contributed by atoms with E-state index in [0.717, 1.165) is 62.3 Å². The van der Waals surface area contributed by atoms with Gasteiger partial charge in [-0.25, -0.2) is 0 Å². The summed E-state index contributed by atoms with van der Waals surface area (Å²) in [7, 11) is 0. The van der Waals surface area contributed by atoms with Crippen molar-refractivity contribution in [2.24, 2.45) is 11.0 Å². The first-order valence-electron chi connectivity index (χ1n) is 12.2. The van der Waals surface area contributed by atoms with Gasteiger partial charge >= 0.3 is 0 Å². The second-order valence-electron chi connectivity index (χ2n) is 8.95. The van der Waals surface area contributed by atoms with Gasteiger partial charge in [-0.15, -0.1) is 0 Å². The van der Waals surface area contributed by atoms with Crippen LogP contribution in [0, 0.1) is 22.5 Å². The highest BCUT2D eigenvalue weighted by atomic mass is 16.6. The number of nitro benzene ring substituents is 1. The summed E-state index contributed by atoms with van der Waals surface area (Å²) in [6.07, 6.45) is 15.6. The number of nitro groups is 1. The molecule has 34 heavy (non-hydrogen) atoms. The lowest BCUT2D eigenvalue weighted by Crippen LogP contribution is -2.35. The third kappa shape index (κ3) is 6.87. The van der Waals surface area contributed by atoms with E-state index >= 15 is 0 Å². The molecule has 1 saturated heterocycles. The second kappa shape index (κ2) is 12.3. The predicted molar refractivity (Wildman–Crippen MR) is 139 cm³/mol. The fourth-order valence-electron chi connectivity index (χ4n) is 4.62. The van der Waals surface area contributed by atoms with Gasteiger partial charge in [-0.05, 0) is 106 Å². The molecule has 1 heterocycles. The van der Waals surface area contributed by atoms with Crippen LogP contribution in [-0.2, 0) is 0 Å². The summed E-state index contributed by atoms with van der Waals surface area (Å²) in [5.41, 5.74) is 7.49. The third-order valence-corrected chi connectivity index (χ3v) is 6.59. The number of allylic oxidation sites excluding steroid dienone is 4. The smallest absolute Gasteiger partial charge is 0.269 e. The molecule has 0 unspecified atom stereocenters. The number of nitrogens with one attached hydrogen (secondary N) is 1. The zero-order chi connectivity index (χ0) is 23.6. The number of hydrazone groups is 1. The second-order valence-corrected chi connectivity index (χ2v) is 8.95. The summed E-state index contributed by atoms with van der Waals surface area (Å²) in [6.45, 7) is 3.43. The number of unbranched alkanes of at least 4 members (excludes halogenated alkanes) is 1. The van der Waals surface area contributed by atoms with Crippen molar-refractivity contribution in [3.05, 3.63) is 100 Å². The molecule has 0 saturated carbocycles. The lowest BCUT2D eigenvalue weighted by molar-refractivity contribution is -0.384. The van der Waals surface area contributed by atoms with E-state index in [1.54, 1.807) is 24.3 Å². The molecule has 0 spiro atoms. The average Bonchev–Trinajstić information content (AvgIpc) is 2.90. The van der Waals surface area contributed by atoms with Gasteiger partial charge in [-0.3, -0.25) is 15.5 Å². The summed E-state index contributed by atoms with van der Waals surface area (Å²) in [6, 6.07) is 16.5. The minimum Gasteiger partial charge on any atom is -0.303 e. The zero-order valence-electron chi connectivity index (χ0n) is 19.6. The molecule has 0 atom stereocenters. The van der Waals surface area contributed by atoms with Crippen LogP contribution in [0.5, 0.6) is 0 Å². The Balaban J connectivity index is 1.28. The van der Waals surface area contributed by atoms with E-state index in [-0.39, 0.29) is 10.6 Å². The molecule has 6 nitrogen and oxygen atoms in total. The average molecular weight is 458 g/mol. The molecule has 0 bridgehead atoms. The minimum atomic E-state index is -0.370.